The third kappa shape index (κ3) is 5.68. The summed E-state index contributed by atoms with van der Waals surface area (Å²) in [5.74, 6) is 2.00. The van der Waals surface area contributed by atoms with Crippen LogP contribution in [0.5, 0.6) is 0 Å². The van der Waals surface area contributed by atoms with Crippen molar-refractivity contribution in [3.05, 3.63) is 188 Å². The van der Waals surface area contributed by atoms with Crippen LogP contribution in [0.2, 0.25) is 0 Å². The fraction of sp³-hybridized carbons (Fsp3) is 0. The minimum atomic E-state index is 0.662. The molecule has 0 saturated carbocycles. The number of aromatic nitrogens is 3. The van der Waals surface area contributed by atoms with Crippen LogP contribution in [0.3, 0.4) is 0 Å². The molecule has 11 rings (SSSR count). The summed E-state index contributed by atoms with van der Waals surface area (Å²) in [6.07, 6.45) is 0. The maximum Gasteiger partial charge on any atom is 0.164 e. The van der Waals surface area contributed by atoms with Crippen LogP contribution < -0.4 is 0 Å². The van der Waals surface area contributed by atoms with Gasteiger partial charge in [0, 0.05) is 62.6 Å². The molecular weight excluding hydrogens is 719 g/mol. The number of nitrogens with zero attached hydrogens (tertiary/aromatic N) is 3. The maximum absolute atomic E-state index is 5.08. The van der Waals surface area contributed by atoms with Gasteiger partial charge in [0.2, 0.25) is 0 Å². The van der Waals surface area contributed by atoms with E-state index in [1.807, 2.05) is 59.1 Å². The molecule has 0 radical (unpaired) electrons. The second kappa shape index (κ2) is 13.5. The number of benzene rings is 8. The zero-order chi connectivity index (χ0) is 37.0. The summed E-state index contributed by atoms with van der Waals surface area (Å²) in [6.45, 7) is 0. The van der Waals surface area contributed by atoms with Crippen LogP contribution in [0.1, 0.15) is 0 Å². The quantitative estimate of drug-likeness (QED) is 0.170. The van der Waals surface area contributed by atoms with Crippen molar-refractivity contribution in [1.29, 1.82) is 0 Å². The highest BCUT2D eigenvalue weighted by molar-refractivity contribution is 7.26. The zero-order valence-electron chi connectivity index (χ0n) is 30.1. The number of thiophene rings is 2. The van der Waals surface area contributed by atoms with Crippen molar-refractivity contribution in [3.63, 3.8) is 0 Å². The maximum atomic E-state index is 5.08. The van der Waals surface area contributed by atoms with Crippen molar-refractivity contribution in [1.82, 2.24) is 15.0 Å². The van der Waals surface area contributed by atoms with Gasteiger partial charge in [-0.25, -0.2) is 15.0 Å². The first kappa shape index (κ1) is 32.6. The van der Waals surface area contributed by atoms with Gasteiger partial charge in [-0.2, -0.15) is 0 Å². The summed E-state index contributed by atoms with van der Waals surface area (Å²) in [6, 6.07) is 66.9. The molecule has 56 heavy (non-hydrogen) atoms. The van der Waals surface area contributed by atoms with Gasteiger partial charge in [0.25, 0.3) is 0 Å². The number of hydrogen-bond donors (Lipinski definition) is 0. The second-order valence-electron chi connectivity index (χ2n) is 14.0. The van der Waals surface area contributed by atoms with Crippen LogP contribution in [0, 0.1) is 0 Å². The molecule has 0 amide bonds. The molecule has 0 fully saturated rings. The molecule has 0 unspecified atom stereocenters. The Morgan fingerprint density at radius 1 is 0.286 bits per heavy atom. The lowest BCUT2D eigenvalue weighted by Crippen LogP contribution is -2.00. The molecule has 8 aromatic carbocycles. The van der Waals surface area contributed by atoms with Crippen molar-refractivity contribution < 1.29 is 0 Å². The Labute approximate surface area is 331 Å². The Bertz CT molecular complexity index is 3180. The third-order valence-electron chi connectivity index (χ3n) is 10.5. The topological polar surface area (TPSA) is 38.7 Å². The Morgan fingerprint density at radius 3 is 1.59 bits per heavy atom. The molecule has 0 saturated heterocycles. The number of fused-ring (bicyclic) bond motifs is 6. The highest BCUT2D eigenvalue weighted by Gasteiger charge is 2.18. The van der Waals surface area contributed by atoms with E-state index >= 15 is 0 Å². The number of hydrogen-bond acceptors (Lipinski definition) is 5. The summed E-state index contributed by atoms with van der Waals surface area (Å²) < 4.78 is 5.08. The molecule has 0 atom stereocenters. The van der Waals surface area contributed by atoms with E-state index in [-0.39, 0.29) is 0 Å². The molecule has 5 heteroatoms. The van der Waals surface area contributed by atoms with E-state index in [0.717, 1.165) is 16.7 Å². The molecule has 3 heterocycles. The predicted molar refractivity (Wildman–Crippen MR) is 238 cm³/mol. The van der Waals surface area contributed by atoms with E-state index in [1.165, 1.54) is 73.7 Å². The van der Waals surface area contributed by atoms with Crippen LogP contribution in [0.25, 0.3) is 108 Å². The molecule has 0 aliphatic heterocycles. The van der Waals surface area contributed by atoms with Crippen molar-refractivity contribution in [2.24, 2.45) is 0 Å². The fourth-order valence-electron chi connectivity index (χ4n) is 7.82. The fourth-order valence-corrected chi connectivity index (χ4v) is 10.2. The largest absolute Gasteiger partial charge is 0.208 e. The third-order valence-corrected chi connectivity index (χ3v) is 12.9. The van der Waals surface area contributed by atoms with Gasteiger partial charge in [0.05, 0.1) is 0 Å². The van der Waals surface area contributed by atoms with Crippen LogP contribution in [0.4, 0.5) is 0 Å². The molecule has 0 bridgehead atoms. The van der Waals surface area contributed by atoms with Crippen molar-refractivity contribution in [3.8, 4) is 67.5 Å². The number of rotatable bonds is 6. The van der Waals surface area contributed by atoms with Gasteiger partial charge in [-0.15, -0.1) is 22.7 Å². The van der Waals surface area contributed by atoms with Crippen LogP contribution in [-0.2, 0) is 0 Å². The van der Waals surface area contributed by atoms with E-state index in [1.54, 1.807) is 0 Å². The van der Waals surface area contributed by atoms with E-state index in [0.29, 0.717) is 17.5 Å². The second-order valence-corrected chi connectivity index (χ2v) is 16.1. The highest BCUT2D eigenvalue weighted by atomic mass is 32.1. The van der Waals surface area contributed by atoms with Crippen LogP contribution in [0.15, 0.2) is 188 Å². The van der Waals surface area contributed by atoms with E-state index in [4.69, 9.17) is 15.0 Å². The molecule has 0 aliphatic rings. The molecule has 3 aromatic heterocycles. The monoisotopic (exact) mass is 749 g/mol. The van der Waals surface area contributed by atoms with Crippen LogP contribution in [-0.4, -0.2) is 15.0 Å². The normalized spacial score (nSPS) is 11.6. The smallest absolute Gasteiger partial charge is 0.164 e. The van der Waals surface area contributed by atoms with Gasteiger partial charge >= 0.3 is 0 Å². The van der Waals surface area contributed by atoms with Crippen molar-refractivity contribution in [2.75, 3.05) is 0 Å². The molecule has 0 N–H and O–H groups in total. The first-order valence-corrected chi connectivity index (χ1v) is 20.3. The van der Waals surface area contributed by atoms with E-state index in [9.17, 15) is 0 Å². The SMILES string of the molecule is c1ccc(-c2nc(-c3ccccc3)nc(-c3cccc4sc5cc(-c6cccc(-c7cc(-c8ccccc8)c8sc9ccccc9c8c7)c6)ccc5c34)n2)cc1. The lowest BCUT2D eigenvalue weighted by Gasteiger charge is -2.11. The van der Waals surface area contributed by atoms with E-state index < -0.39 is 0 Å². The van der Waals surface area contributed by atoms with Gasteiger partial charge in [-0.3, -0.25) is 0 Å². The molecule has 11 aromatic rings. The Hall–Kier alpha value is -6.79. The lowest BCUT2D eigenvalue weighted by molar-refractivity contribution is 1.08. The molecule has 262 valence electrons. The van der Waals surface area contributed by atoms with E-state index in [2.05, 4.69) is 152 Å². The predicted octanol–water partition coefficient (Wildman–Crippen LogP) is 14.6. The first-order valence-electron chi connectivity index (χ1n) is 18.7. The molecule has 3 nitrogen and oxygen atoms in total. The van der Waals surface area contributed by atoms with Crippen molar-refractivity contribution >= 4 is 63.0 Å². The zero-order valence-corrected chi connectivity index (χ0v) is 31.7. The minimum absolute atomic E-state index is 0.662. The van der Waals surface area contributed by atoms with Gasteiger partial charge in [0.15, 0.2) is 17.5 Å². The summed E-state index contributed by atoms with van der Waals surface area (Å²) in [5.41, 5.74) is 10.2. The van der Waals surface area contributed by atoms with Crippen molar-refractivity contribution in [2.45, 2.75) is 0 Å². The van der Waals surface area contributed by atoms with Gasteiger partial charge in [0.1, 0.15) is 0 Å². The summed E-state index contributed by atoms with van der Waals surface area (Å²) in [7, 11) is 0. The first-order chi connectivity index (χ1) is 27.7. The standard InChI is InChI=1S/C51H31N3S2/c1-4-14-32(15-5-1)42-29-38(30-43-39-22-10-11-24-44(39)56-48(42)43)36-21-12-20-35(28-36)37-26-27-40-46(31-37)55-45-25-13-23-41(47(40)45)51-53-49(33-16-6-2-7-17-33)52-50(54-51)34-18-8-3-9-19-34/h1-31H. The molecular formula is C51H31N3S2. The summed E-state index contributed by atoms with van der Waals surface area (Å²) >= 11 is 3.69. The molecule has 0 aliphatic carbocycles. The average molecular weight is 750 g/mol. The van der Waals surface area contributed by atoms with Gasteiger partial charge in [-0.1, -0.05) is 152 Å². The average Bonchev–Trinajstić information content (AvgIpc) is 3.85. The van der Waals surface area contributed by atoms with Crippen LogP contribution >= 0.6 is 22.7 Å². The summed E-state index contributed by atoms with van der Waals surface area (Å²) in [5, 5.41) is 4.98. The Morgan fingerprint density at radius 2 is 0.857 bits per heavy atom. The molecule has 0 spiro atoms. The Balaban J connectivity index is 1.03. The van der Waals surface area contributed by atoms with Gasteiger partial charge in [-0.05, 0) is 64.2 Å². The minimum Gasteiger partial charge on any atom is -0.208 e. The van der Waals surface area contributed by atoms with Gasteiger partial charge < -0.3 is 0 Å². The Kier molecular flexibility index (Phi) is 7.87. The highest BCUT2D eigenvalue weighted by Crippen LogP contribution is 2.44. The lowest BCUT2D eigenvalue weighted by atomic mass is 9.94. The summed E-state index contributed by atoms with van der Waals surface area (Å²) in [4.78, 5) is 15.1.